The lowest BCUT2D eigenvalue weighted by atomic mass is 9.81. The second-order valence-electron chi connectivity index (χ2n) is 4.36. The maximum absolute atomic E-state index is 11.6. The van der Waals surface area contributed by atoms with Crippen LogP contribution in [0.15, 0.2) is 23.8 Å². The van der Waals surface area contributed by atoms with Gasteiger partial charge >= 0.3 is 0 Å². The van der Waals surface area contributed by atoms with Gasteiger partial charge in [0.15, 0.2) is 5.78 Å². The summed E-state index contributed by atoms with van der Waals surface area (Å²) in [6.45, 7) is 6.11. The van der Waals surface area contributed by atoms with Crippen molar-refractivity contribution in [3.8, 4) is 0 Å². The maximum Gasteiger partial charge on any atom is 0.162 e. The van der Waals surface area contributed by atoms with E-state index in [0.717, 1.165) is 12.0 Å². The molecule has 0 aromatic heterocycles. The molecule has 0 aromatic carbocycles. The molecule has 2 heteroatoms. The van der Waals surface area contributed by atoms with Gasteiger partial charge < -0.3 is 0 Å². The van der Waals surface area contributed by atoms with Gasteiger partial charge in [-0.2, -0.15) is 0 Å². The average molecular weight is 213 g/mol. The van der Waals surface area contributed by atoms with Crippen molar-refractivity contribution in [2.75, 3.05) is 0 Å². The minimum absolute atomic E-state index is 0.0133. The number of ketones is 1. The van der Waals surface area contributed by atoms with Crippen molar-refractivity contribution >= 4 is 17.4 Å². The summed E-state index contributed by atoms with van der Waals surface area (Å²) in [5.41, 5.74) is 0.698. The summed E-state index contributed by atoms with van der Waals surface area (Å²) in [6, 6.07) is 0. The van der Waals surface area contributed by atoms with Crippen LogP contribution >= 0.6 is 11.6 Å². The Morgan fingerprint density at radius 3 is 2.71 bits per heavy atom. The molecule has 1 rings (SSSR count). The van der Waals surface area contributed by atoms with Crippen molar-refractivity contribution in [2.24, 2.45) is 5.41 Å². The third kappa shape index (κ3) is 2.48. The summed E-state index contributed by atoms with van der Waals surface area (Å²) in [5, 5.41) is -0.0133. The normalized spacial score (nSPS) is 24.6. The van der Waals surface area contributed by atoms with Crippen LogP contribution < -0.4 is 0 Å². The summed E-state index contributed by atoms with van der Waals surface area (Å²) in [4.78, 5) is 11.6. The van der Waals surface area contributed by atoms with Gasteiger partial charge in [-0.05, 0) is 6.42 Å². The standard InChI is InChI=1S/C12H17ClO/c1-4-5-10(14)9-6-7-11(13)12(2,3)8-9/h6-8,11H,4-5H2,1-3H3. The Bertz CT molecular complexity index is 287. The van der Waals surface area contributed by atoms with E-state index in [9.17, 15) is 4.79 Å². The predicted octanol–water partition coefficient (Wildman–Crippen LogP) is 3.49. The topological polar surface area (TPSA) is 17.1 Å². The molecule has 1 atom stereocenters. The van der Waals surface area contributed by atoms with E-state index in [0.29, 0.717) is 6.42 Å². The van der Waals surface area contributed by atoms with Crippen LogP contribution in [-0.4, -0.2) is 11.2 Å². The van der Waals surface area contributed by atoms with Crippen LogP contribution in [0.25, 0.3) is 0 Å². The third-order valence-corrected chi connectivity index (χ3v) is 3.19. The van der Waals surface area contributed by atoms with Crippen LogP contribution in [0.5, 0.6) is 0 Å². The first-order valence-electron chi connectivity index (χ1n) is 5.05. The van der Waals surface area contributed by atoms with Crippen molar-refractivity contribution < 1.29 is 4.79 Å². The largest absolute Gasteiger partial charge is 0.294 e. The number of rotatable bonds is 3. The highest BCUT2D eigenvalue weighted by molar-refractivity contribution is 6.22. The summed E-state index contributed by atoms with van der Waals surface area (Å²) in [6.07, 6.45) is 7.27. The Kier molecular flexibility index (Phi) is 3.54. The number of carbonyl (C=O) groups excluding carboxylic acids is 1. The smallest absolute Gasteiger partial charge is 0.162 e. The van der Waals surface area contributed by atoms with Crippen molar-refractivity contribution in [1.29, 1.82) is 0 Å². The van der Waals surface area contributed by atoms with Gasteiger partial charge in [-0.15, -0.1) is 11.6 Å². The zero-order valence-electron chi connectivity index (χ0n) is 9.01. The molecule has 0 bridgehead atoms. The monoisotopic (exact) mass is 212 g/mol. The molecule has 1 aliphatic rings. The van der Waals surface area contributed by atoms with Crippen LogP contribution in [0.4, 0.5) is 0 Å². The maximum atomic E-state index is 11.6. The third-order valence-electron chi connectivity index (χ3n) is 2.48. The van der Waals surface area contributed by atoms with Crippen LogP contribution in [0.2, 0.25) is 0 Å². The molecule has 0 fully saturated rings. The SMILES string of the molecule is CCCC(=O)C1=CC(C)(C)C(Cl)C=C1. The molecular weight excluding hydrogens is 196 g/mol. The average Bonchev–Trinajstić information content (AvgIpc) is 2.10. The van der Waals surface area contributed by atoms with Crippen LogP contribution in [0, 0.1) is 5.41 Å². The van der Waals surface area contributed by atoms with Gasteiger partial charge in [0.25, 0.3) is 0 Å². The molecule has 0 heterocycles. The Morgan fingerprint density at radius 2 is 2.21 bits per heavy atom. The fourth-order valence-corrected chi connectivity index (χ4v) is 1.65. The highest BCUT2D eigenvalue weighted by Crippen LogP contribution is 2.33. The fourth-order valence-electron chi connectivity index (χ4n) is 1.51. The quantitative estimate of drug-likeness (QED) is 0.655. The van der Waals surface area contributed by atoms with Gasteiger partial charge in [0.05, 0.1) is 5.38 Å². The molecule has 0 saturated carbocycles. The van der Waals surface area contributed by atoms with E-state index in [4.69, 9.17) is 11.6 Å². The summed E-state index contributed by atoms with van der Waals surface area (Å²) in [5.74, 6) is 0.223. The van der Waals surface area contributed by atoms with Gasteiger partial charge in [0.2, 0.25) is 0 Å². The van der Waals surface area contributed by atoms with E-state index in [2.05, 4.69) is 0 Å². The molecule has 0 amide bonds. The van der Waals surface area contributed by atoms with Gasteiger partial charge in [-0.1, -0.05) is 39.0 Å². The first-order chi connectivity index (χ1) is 6.47. The van der Waals surface area contributed by atoms with E-state index in [1.165, 1.54) is 0 Å². The molecule has 1 nitrogen and oxygen atoms in total. The minimum atomic E-state index is -0.116. The summed E-state index contributed by atoms with van der Waals surface area (Å²) >= 11 is 6.11. The van der Waals surface area contributed by atoms with Gasteiger partial charge in [0.1, 0.15) is 0 Å². The number of halogens is 1. The van der Waals surface area contributed by atoms with E-state index in [1.807, 2.05) is 39.0 Å². The van der Waals surface area contributed by atoms with Crippen molar-refractivity contribution in [3.63, 3.8) is 0 Å². The van der Waals surface area contributed by atoms with Crippen molar-refractivity contribution in [2.45, 2.75) is 39.0 Å². The predicted molar refractivity (Wildman–Crippen MR) is 60.6 cm³/mol. The van der Waals surface area contributed by atoms with Crippen LogP contribution in [0.1, 0.15) is 33.6 Å². The molecule has 0 spiro atoms. The van der Waals surface area contributed by atoms with Crippen LogP contribution in [-0.2, 0) is 4.79 Å². The molecule has 0 aromatic rings. The summed E-state index contributed by atoms with van der Waals surface area (Å²) < 4.78 is 0. The van der Waals surface area contributed by atoms with E-state index >= 15 is 0 Å². The Hall–Kier alpha value is -0.560. The molecule has 0 radical (unpaired) electrons. The van der Waals surface area contributed by atoms with E-state index in [1.54, 1.807) is 0 Å². The van der Waals surface area contributed by atoms with Crippen LogP contribution in [0.3, 0.4) is 0 Å². The van der Waals surface area contributed by atoms with Crippen molar-refractivity contribution in [1.82, 2.24) is 0 Å². The second kappa shape index (κ2) is 4.31. The zero-order valence-corrected chi connectivity index (χ0v) is 9.77. The van der Waals surface area contributed by atoms with E-state index < -0.39 is 0 Å². The molecule has 1 unspecified atom stereocenters. The molecule has 1 aliphatic carbocycles. The Labute approximate surface area is 90.8 Å². The summed E-state index contributed by atoms with van der Waals surface area (Å²) in [7, 11) is 0. The number of carbonyl (C=O) groups is 1. The number of allylic oxidation sites excluding steroid dienone is 4. The lowest BCUT2D eigenvalue weighted by molar-refractivity contribution is -0.115. The molecule has 0 aliphatic heterocycles. The Balaban J connectivity index is 2.83. The molecular formula is C12H17ClO. The zero-order chi connectivity index (χ0) is 10.8. The highest BCUT2D eigenvalue weighted by atomic mass is 35.5. The minimum Gasteiger partial charge on any atom is -0.294 e. The lowest BCUT2D eigenvalue weighted by Gasteiger charge is -2.28. The number of hydrogen-bond donors (Lipinski definition) is 0. The number of hydrogen-bond acceptors (Lipinski definition) is 1. The first-order valence-corrected chi connectivity index (χ1v) is 5.49. The number of alkyl halides is 1. The van der Waals surface area contributed by atoms with Gasteiger partial charge in [-0.3, -0.25) is 4.79 Å². The van der Waals surface area contributed by atoms with E-state index in [-0.39, 0.29) is 16.6 Å². The molecule has 78 valence electrons. The highest BCUT2D eigenvalue weighted by Gasteiger charge is 2.27. The molecule has 0 N–H and O–H groups in total. The van der Waals surface area contributed by atoms with Crippen molar-refractivity contribution in [3.05, 3.63) is 23.8 Å². The second-order valence-corrected chi connectivity index (χ2v) is 4.83. The molecule has 14 heavy (non-hydrogen) atoms. The molecule has 0 saturated heterocycles. The number of Topliss-reactive ketones (excluding diaryl/α,β-unsaturated/α-hetero) is 1. The van der Waals surface area contributed by atoms with Gasteiger partial charge in [-0.25, -0.2) is 0 Å². The van der Waals surface area contributed by atoms with Gasteiger partial charge in [0, 0.05) is 17.4 Å². The Morgan fingerprint density at radius 1 is 1.57 bits per heavy atom. The first kappa shape index (κ1) is 11.5. The lowest BCUT2D eigenvalue weighted by Crippen LogP contribution is -2.24. The fraction of sp³-hybridized carbons (Fsp3) is 0.583.